The van der Waals surface area contributed by atoms with Gasteiger partial charge in [-0.05, 0) is 12.1 Å². The lowest BCUT2D eigenvalue weighted by Crippen LogP contribution is -2.30. The maximum atomic E-state index is 10.3. The summed E-state index contributed by atoms with van der Waals surface area (Å²) in [5.41, 5.74) is 3.88. The molecule has 1 aromatic carbocycles. The molecule has 1 rings (SSSR count). The van der Waals surface area contributed by atoms with Crippen LogP contribution in [-0.4, -0.2) is 19.0 Å². The van der Waals surface area contributed by atoms with Gasteiger partial charge >= 0.3 is 0 Å². The molecule has 0 heterocycles. The minimum Gasteiger partial charge on any atom is -0.312 e. The van der Waals surface area contributed by atoms with Gasteiger partial charge in [0.25, 0.3) is 5.69 Å². The molecule has 0 saturated heterocycles. The van der Waals surface area contributed by atoms with Crippen molar-refractivity contribution in [1.29, 1.82) is 0 Å². The van der Waals surface area contributed by atoms with E-state index in [0.29, 0.717) is 0 Å². The predicted molar refractivity (Wildman–Crippen MR) is 50.6 cm³/mol. The summed E-state index contributed by atoms with van der Waals surface area (Å²) in [4.78, 5) is 9.91. The Hall–Kier alpha value is -1.62. The summed E-state index contributed by atoms with van der Waals surface area (Å²) in [7, 11) is 3.61. The first kappa shape index (κ1) is 9.47. The van der Waals surface area contributed by atoms with Crippen LogP contribution in [0.25, 0.3) is 0 Å². The summed E-state index contributed by atoms with van der Waals surface area (Å²) in [5, 5.41) is 12.1. The molecule has 70 valence electrons. The van der Waals surface area contributed by atoms with Gasteiger partial charge < -0.3 is 5.01 Å². The fraction of sp³-hybridized carbons (Fsp3) is 0.250. The van der Waals surface area contributed by atoms with E-state index in [-0.39, 0.29) is 5.69 Å². The zero-order chi connectivity index (χ0) is 9.84. The summed E-state index contributed by atoms with van der Waals surface area (Å²) in [5.74, 6) is 0. The molecule has 0 unspecified atom stereocenters. The van der Waals surface area contributed by atoms with Crippen molar-refractivity contribution in [3.05, 3.63) is 34.4 Å². The molecule has 0 fully saturated rings. The van der Waals surface area contributed by atoms with Crippen molar-refractivity contribution in [2.75, 3.05) is 19.1 Å². The number of rotatable bonds is 3. The smallest absolute Gasteiger partial charge is 0.269 e. The zero-order valence-corrected chi connectivity index (χ0v) is 7.52. The average Bonchev–Trinajstić information content (AvgIpc) is 2.17. The van der Waals surface area contributed by atoms with Crippen LogP contribution in [0.1, 0.15) is 0 Å². The number of anilines is 1. The standard InChI is InChI=1S/C8H11N3O2/c1-9-10(2)7-3-5-8(6-4-7)11(12)13/h3-6,9H,1-2H3. The third kappa shape index (κ3) is 2.16. The molecule has 0 saturated carbocycles. The van der Waals surface area contributed by atoms with Crippen molar-refractivity contribution in [2.24, 2.45) is 0 Å². The average molecular weight is 181 g/mol. The Labute approximate surface area is 76.1 Å². The van der Waals surface area contributed by atoms with Crippen LogP contribution in [0, 0.1) is 10.1 Å². The van der Waals surface area contributed by atoms with Gasteiger partial charge in [0.15, 0.2) is 0 Å². The van der Waals surface area contributed by atoms with Crippen LogP contribution in [0.4, 0.5) is 11.4 Å². The number of hydrazine groups is 1. The lowest BCUT2D eigenvalue weighted by atomic mass is 10.3. The Morgan fingerprint density at radius 1 is 1.38 bits per heavy atom. The van der Waals surface area contributed by atoms with E-state index in [1.165, 1.54) is 12.1 Å². The van der Waals surface area contributed by atoms with Crippen LogP contribution in [0.3, 0.4) is 0 Å². The predicted octanol–water partition coefficient (Wildman–Crippen LogP) is 1.17. The molecule has 0 radical (unpaired) electrons. The highest BCUT2D eigenvalue weighted by Crippen LogP contribution is 2.16. The molecule has 0 amide bonds. The molecule has 0 aromatic heterocycles. The largest absolute Gasteiger partial charge is 0.312 e. The normalized spacial score (nSPS) is 9.69. The van der Waals surface area contributed by atoms with Crippen molar-refractivity contribution in [3.8, 4) is 0 Å². The van der Waals surface area contributed by atoms with Gasteiger partial charge in [0.1, 0.15) is 0 Å². The van der Waals surface area contributed by atoms with E-state index in [4.69, 9.17) is 0 Å². The maximum Gasteiger partial charge on any atom is 0.269 e. The molecule has 0 atom stereocenters. The van der Waals surface area contributed by atoms with E-state index < -0.39 is 4.92 Å². The second kappa shape index (κ2) is 3.86. The van der Waals surface area contributed by atoms with Gasteiger partial charge in [-0.3, -0.25) is 10.1 Å². The highest BCUT2D eigenvalue weighted by atomic mass is 16.6. The van der Waals surface area contributed by atoms with Gasteiger partial charge in [-0.25, -0.2) is 5.43 Å². The highest BCUT2D eigenvalue weighted by Gasteiger charge is 2.04. The highest BCUT2D eigenvalue weighted by molar-refractivity contribution is 5.49. The van der Waals surface area contributed by atoms with Crippen LogP contribution in [0.5, 0.6) is 0 Å². The second-order valence-corrected chi connectivity index (χ2v) is 2.56. The second-order valence-electron chi connectivity index (χ2n) is 2.56. The van der Waals surface area contributed by atoms with Crippen molar-refractivity contribution >= 4 is 11.4 Å². The number of hydrogen-bond donors (Lipinski definition) is 1. The Balaban J connectivity index is 2.87. The lowest BCUT2D eigenvalue weighted by Gasteiger charge is -2.16. The number of nitrogens with one attached hydrogen (secondary N) is 1. The molecule has 0 aliphatic rings. The van der Waals surface area contributed by atoms with E-state index in [0.717, 1.165) is 5.69 Å². The number of hydrogen-bond acceptors (Lipinski definition) is 4. The van der Waals surface area contributed by atoms with Crippen LogP contribution >= 0.6 is 0 Å². The van der Waals surface area contributed by atoms with Gasteiger partial charge in [0, 0.05) is 26.2 Å². The first-order valence-electron chi connectivity index (χ1n) is 3.80. The van der Waals surface area contributed by atoms with E-state index in [2.05, 4.69) is 5.43 Å². The topological polar surface area (TPSA) is 58.4 Å². The van der Waals surface area contributed by atoms with Gasteiger partial charge in [-0.1, -0.05) is 0 Å². The molecular formula is C8H11N3O2. The summed E-state index contributed by atoms with van der Waals surface area (Å²) < 4.78 is 0. The van der Waals surface area contributed by atoms with E-state index in [1.807, 2.05) is 7.05 Å². The third-order valence-electron chi connectivity index (χ3n) is 1.78. The van der Waals surface area contributed by atoms with Crippen LogP contribution in [0.2, 0.25) is 0 Å². The first-order valence-corrected chi connectivity index (χ1v) is 3.80. The summed E-state index contributed by atoms with van der Waals surface area (Å²) in [6.07, 6.45) is 0. The fourth-order valence-corrected chi connectivity index (χ4v) is 0.927. The van der Waals surface area contributed by atoms with E-state index in [9.17, 15) is 10.1 Å². The van der Waals surface area contributed by atoms with Crippen LogP contribution in [-0.2, 0) is 0 Å². The lowest BCUT2D eigenvalue weighted by molar-refractivity contribution is -0.384. The number of non-ortho nitro benzene ring substituents is 1. The van der Waals surface area contributed by atoms with Crippen molar-refractivity contribution in [3.63, 3.8) is 0 Å². The van der Waals surface area contributed by atoms with Gasteiger partial charge in [-0.2, -0.15) is 0 Å². The van der Waals surface area contributed by atoms with Crippen molar-refractivity contribution in [1.82, 2.24) is 5.43 Å². The molecule has 1 N–H and O–H groups in total. The molecule has 5 heteroatoms. The Morgan fingerprint density at radius 3 is 2.31 bits per heavy atom. The minimum atomic E-state index is -0.414. The van der Waals surface area contributed by atoms with Crippen molar-refractivity contribution in [2.45, 2.75) is 0 Å². The number of nitro groups is 1. The minimum absolute atomic E-state index is 0.105. The molecule has 0 bridgehead atoms. The Kier molecular flexibility index (Phi) is 2.81. The van der Waals surface area contributed by atoms with Gasteiger partial charge in [-0.15, -0.1) is 0 Å². The zero-order valence-electron chi connectivity index (χ0n) is 7.52. The molecule has 0 aliphatic carbocycles. The van der Waals surface area contributed by atoms with Crippen LogP contribution < -0.4 is 10.4 Å². The molecule has 5 nitrogen and oxygen atoms in total. The quantitative estimate of drug-likeness (QED) is 0.561. The summed E-state index contributed by atoms with van der Waals surface area (Å²) >= 11 is 0. The van der Waals surface area contributed by atoms with E-state index >= 15 is 0 Å². The Bertz CT molecular complexity index is 297. The SMILES string of the molecule is CNN(C)c1ccc([N+](=O)[O-])cc1. The molecular weight excluding hydrogens is 170 g/mol. The summed E-state index contributed by atoms with van der Waals surface area (Å²) in [6, 6.07) is 6.33. The first-order chi connectivity index (χ1) is 6.15. The fourth-order valence-electron chi connectivity index (χ4n) is 0.927. The number of nitrogens with zero attached hydrogens (tertiary/aromatic N) is 2. The summed E-state index contributed by atoms with van der Waals surface area (Å²) in [6.45, 7) is 0. The monoisotopic (exact) mass is 181 g/mol. The van der Waals surface area contributed by atoms with Gasteiger partial charge in [0.2, 0.25) is 0 Å². The number of benzene rings is 1. The third-order valence-corrected chi connectivity index (χ3v) is 1.78. The molecule has 0 spiro atoms. The molecule has 13 heavy (non-hydrogen) atoms. The van der Waals surface area contributed by atoms with E-state index in [1.54, 1.807) is 24.2 Å². The molecule has 1 aromatic rings. The Morgan fingerprint density at radius 2 is 1.92 bits per heavy atom. The maximum absolute atomic E-state index is 10.3. The van der Waals surface area contributed by atoms with Gasteiger partial charge in [0.05, 0.1) is 10.6 Å². The van der Waals surface area contributed by atoms with Crippen molar-refractivity contribution < 1.29 is 4.92 Å². The number of nitro benzene ring substituents is 1. The van der Waals surface area contributed by atoms with Crippen LogP contribution in [0.15, 0.2) is 24.3 Å². The molecule has 0 aliphatic heterocycles.